The Kier molecular flexibility index (Phi) is 4.30. The molecule has 2 unspecified atom stereocenters. The number of hydrogen-bond acceptors (Lipinski definition) is 4. The van der Waals surface area contributed by atoms with Gasteiger partial charge in [-0.2, -0.15) is 5.10 Å². The summed E-state index contributed by atoms with van der Waals surface area (Å²) in [6, 6.07) is 0. The smallest absolute Gasteiger partial charge is 0.306 e. The van der Waals surface area contributed by atoms with Crippen molar-refractivity contribution in [1.82, 2.24) is 20.1 Å². The van der Waals surface area contributed by atoms with E-state index in [2.05, 4.69) is 15.4 Å². The standard InChI is InChI=1S/C12H20N4O2/c1-16-11(14-8-15-16)7-13-6-9-4-2-3-5-10(9)12(17)18/h8-10,13H,2-7H2,1H3,(H,17,18). The summed E-state index contributed by atoms with van der Waals surface area (Å²) in [5.74, 6) is 0.271. The van der Waals surface area contributed by atoms with Crippen molar-refractivity contribution in [2.24, 2.45) is 18.9 Å². The molecule has 1 saturated carbocycles. The van der Waals surface area contributed by atoms with Crippen LogP contribution < -0.4 is 5.32 Å². The molecule has 0 radical (unpaired) electrons. The molecule has 0 aromatic carbocycles. The lowest BCUT2D eigenvalue weighted by Gasteiger charge is -2.28. The summed E-state index contributed by atoms with van der Waals surface area (Å²) in [5, 5.41) is 16.5. The fourth-order valence-electron chi connectivity index (χ4n) is 2.63. The zero-order chi connectivity index (χ0) is 13.0. The topological polar surface area (TPSA) is 80.0 Å². The van der Waals surface area contributed by atoms with Crippen LogP contribution in [0.2, 0.25) is 0 Å². The largest absolute Gasteiger partial charge is 0.481 e. The number of nitrogens with zero attached hydrogens (tertiary/aromatic N) is 3. The molecule has 2 N–H and O–H groups in total. The quantitative estimate of drug-likeness (QED) is 0.810. The van der Waals surface area contributed by atoms with E-state index in [1.807, 2.05) is 7.05 Å². The minimum absolute atomic E-state index is 0.189. The highest BCUT2D eigenvalue weighted by Crippen LogP contribution is 2.29. The molecule has 100 valence electrons. The van der Waals surface area contributed by atoms with Gasteiger partial charge in [-0.3, -0.25) is 9.48 Å². The predicted molar refractivity (Wildman–Crippen MR) is 65.8 cm³/mol. The van der Waals surface area contributed by atoms with E-state index in [4.69, 9.17) is 0 Å². The maximum absolute atomic E-state index is 11.2. The first-order valence-electron chi connectivity index (χ1n) is 6.45. The van der Waals surface area contributed by atoms with E-state index in [1.54, 1.807) is 4.68 Å². The van der Waals surface area contributed by atoms with Crippen molar-refractivity contribution < 1.29 is 9.90 Å². The van der Waals surface area contributed by atoms with Crippen LogP contribution in [0.25, 0.3) is 0 Å². The first-order chi connectivity index (χ1) is 8.68. The van der Waals surface area contributed by atoms with Crippen molar-refractivity contribution in [1.29, 1.82) is 0 Å². The van der Waals surface area contributed by atoms with Crippen molar-refractivity contribution in [2.45, 2.75) is 32.2 Å². The van der Waals surface area contributed by atoms with Gasteiger partial charge in [-0.15, -0.1) is 0 Å². The van der Waals surface area contributed by atoms with Crippen LogP contribution >= 0.6 is 0 Å². The van der Waals surface area contributed by atoms with Crippen LogP contribution in [0.5, 0.6) is 0 Å². The van der Waals surface area contributed by atoms with Crippen molar-refractivity contribution in [3.05, 3.63) is 12.2 Å². The Morgan fingerprint density at radius 1 is 1.56 bits per heavy atom. The van der Waals surface area contributed by atoms with E-state index < -0.39 is 5.97 Å². The maximum atomic E-state index is 11.2. The first kappa shape index (κ1) is 13.0. The SMILES string of the molecule is Cn1ncnc1CNCC1CCCCC1C(=O)O. The molecule has 18 heavy (non-hydrogen) atoms. The summed E-state index contributed by atoms with van der Waals surface area (Å²) in [6.07, 6.45) is 5.52. The van der Waals surface area contributed by atoms with Crippen LogP contribution in [-0.2, 0) is 18.4 Å². The molecule has 1 aliphatic rings. The highest BCUT2D eigenvalue weighted by molar-refractivity contribution is 5.70. The van der Waals surface area contributed by atoms with E-state index in [0.717, 1.165) is 38.1 Å². The molecule has 1 fully saturated rings. The highest BCUT2D eigenvalue weighted by atomic mass is 16.4. The number of carbonyl (C=O) groups is 1. The predicted octanol–water partition coefficient (Wildman–Crippen LogP) is 0.796. The highest BCUT2D eigenvalue weighted by Gasteiger charge is 2.30. The second-order valence-electron chi connectivity index (χ2n) is 4.92. The fourth-order valence-corrected chi connectivity index (χ4v) is 2.63. The van der Waals surface area contributed by atoms with Crippen molar-refractivity contribution >= 4 is 5.97 Å². The number of aryl methyl sites for hydroxylation is 1. The molecule has 1 aromatic rings. The maximum Gasteiger partial charge on any atom is 0.306 e. The van der Waals surface area contributed by atoms with E-state index in [0.29, 0.717) is 6.54 Å². The normalized spacial score (nSPS) is 24.1. The zero-order valence-electron chi connectivity index (χ0n) is 10.7. The summed E-state index contributed by atoms with van der Waals surface area (Å²) in [4.78, 5) is 15.3. The molecular formula is C12H20N4O2. The Hall–Kier alpha value is -1.43. The lowest BCUT2D eigenvalue weighted by Crippen LogP contribution is -2.34. The molecule has 0 spiro atoms. The number of carboxylic acids is 1. The van der Waals surface area contributed by atoms with Crippen LogP contribution in [0.4, 0.5) is 0 Å². The van der Waals surface area contributed by atoms with E-state index in [-0.39, 0.29) is 11.8 Å². The minimum atomic E-state index is -0.653. The van der Waals surface area contributed by atoms with Crippen molar-refractivity contribution in [2.75, 3.05) is 6.54 Å². The number of hydrogen-bond donors (Lipinski definition) is 2. The third kappa shape index (κ3) is 3.07. The van der Waals surface area contributed by atoms with E-state index in [9.17, 15) is 9.90 Å². The fraction of sp³-hybridized carbons (Fsp3) is 0.750. The molecule has 0 saturated heterocycles. The number of nitrogens with one attached hydrogen (secondary N) is 1. The van der Waals surface area contributed by atoms with Gasteiger partial charge in [0.1, 0.15) is 12.2 Å². The number of aliphatic carboxylic acids is 1. The van der Waals surface area contributed by atoms with E-state index in [1.165, 1.54) is 6.33 Å². The molecule has 1 heterocycles. The van der Waals surface area contributed by atoms with Gasteiger partial charge < -0.3 is 10.4 Å². The molecule has 1 aliphatic carbocycles. The average molecular weight is 252 g/mol. The van der Waals surface area contributed by atoms with Gasteiger partial charge in [-0.05, 0) is 25.3 Å². The summed E-state index contributed by atoms with van der Waals surface area (Å²) >= 11 is 0. The number of aromatic nitrogens is 3. The molecule has 0 bridgehead atoms. The van der Waals surface area contributed by atoms with Crippen LogP contribution in [0.1, 0.15) is 31.5 Å². The van der Waals surface area contributed by atoms with Crippen LogP contribution in [0, 0.1) is 11.8 Å². The lowest BCUT2D eigenvalue weighted by atomic mass is 9.79. The molecular weight excluding hydrogens is 232 g/mol. The zero-order valence-corrected chi connectivity index (χ0v) is 10.7. The summed E-state index contributed by atoms with van der Waals surface area (Å²) < 4.78 is 1.72. The van der Waals surface area contributed by atoms with Crippen LogP contribution in [-0.4, -0.2) is 32.4 Å². The Labute approximate surface area is 106 Å². The van der Waals surface area contributed by atoms with Gasteiger partial charge in [0.25, 0.3) is 0 Å². The monoisotopic (exact) mass is 252 g/mol. The molecule has 2 atom stereocenters. The summed E-state index contributed by atoms with van der Waals surface area (Å²) in [7, 11) is 1.85. The number of rotatable bonds is 5. The third-order valence-electron chi connectivity index (χ3n) is 3.72. The van der Waals surface area contributed by atoms with Gasteiger partial charge >= 0.3 is 5.97 Å². The van der Waals surface area contributed by atoms with Crippen molar-refractivity contribution in [3.8, 4) is 0 Å². The van der Waals surface area contributed by atoms with Gasteiger partial charge in [0, 0.05) is 7.05 Å². The molecule has 6 heteroatoms. The second-order valence-corrected chi connectivity index (χ2v) is 4.92. The van der Waals surface area contributed by atoms with Gasteiger partial charge in [-0.1, -0.05) is 12.8 Å². The van der Waals surface area contributed by atoms with Gasteiger partial charge in [0.15, 0.2) is 0 Å². The Balaban J connectivity index is 1.81. The second kappa shape index (κ2) is 5.95. The first-order valence-corrected chi connectivity index (χ1v) is 6.45. The Morgan fingerprint density at radius 2 is 2.33 bits per heavy atom. The van der Waals surface area contributed by atoms with Crippen LogP contribution in [0.15, 0.2) is 6.33 Å². The van der Waals surface area contributed by atoms with Crippen molar-refractivity contribution in [3.63, 3.8) is 0 Å². The minimum Gasteiger partial charge on any atom is -0.481 e. The molecule has 2 rings (SSSR count). The third-order valence-corrected chi connectivity index (χ3v) is 3.72. The average Bonchev–Trinajstić information content (AvgIpc) is 2.76. The molecule has 1 aromatic heterocycles. The molecule has 6 nitrogen and oxygen atoms in total. The van der Waals surface area contributed by atoms with Crippen LogP contribution in [0.3, 0.4) is 0 Å². The number of carboxylic acid groups (broad SMARTS) is 1. The Morgan fingerprint density at radius 3 is 3.00 bits per heavy atom. The summed E-state index contributed by atoms with van der Waals surface area (Å²) in [6.45, 7) is 1.38. The molecule has 0 amide bonds. The van der Waals surface area contributed by atoms with E-state index >= 15 is 0 Å². The van der Waals surface area contributed by atoms with Gasteiger partial charge in [-0.25, -0.2) is 4.98 Å². The molecule has 0 aliphatic heterocycles. The Bertz CT molecular complexity index is 405. The summed E-state index contributed by atoms with van der Waals surface area (Å²) in [5.41, 5.74) is 0. The van der Waals surface area contributed by atoms with Gasteiger partial charge in [0.2, 0.25) is 0 Å². The van der Waals surface area contributed by atoms with Gasteiger partial charge in [0.05, 0.1) is 12.5 Å². The lowest BCUT2D eigenvalue weighted by molar-refractivity contribution is -0.144.